The van der Waals surface area contributed by atoms with Gasteiger partial charge in [-0.25, -0.2) is 13.2 Å². The molecular weight excluding hydrogens is 321 g/mol. The molecule has 2 rings (SSSR count). The smallest absolute Gasteiger partial charge is 0.137 e. The highest BCUT2D eigenvalue weighted by Crippen LogP contribution is 2.30. The van der Waals surface area contributed by atoms with E-state index in [-0.39, 0.29) is 10.0 Å². The van der Waals surface area contributed by atoms with E-state index in [0.29, 0.717) is 11.1 Å². The normalized spacial score (nSPS) is 12.5. The van der Waals surface area contributed by atoms with E-state index in [9.17, 15) is 18.3 Å². The molecule has 0 spiro atoms. The molecule has 0 amide bonds. The minimum absolute atomic E-state index is 0.0169. The highest BCUT2D eigenvalue weighted by Gasteiger charge is 2.19. The molecule has 0 saturated carbocycles. The summed E-state index contributed by atoms with van der Waals surface area (Å²) in [6, 6.07) is 5.62. The van der Waals surface area contributed by atoms with Crippen molar-refractivity contribution in [2.45, 2.75) is 13.0 Å². The van der Waals surface area contributed by atoms with Crippen molar-refractivity contribution in [3.8, 4) is 0 Å². The SMILES string of the molecule is Cc1cc(F)ccc1C(O)c1cc(F)c(Br)cc1F. The van der Waals surface area contributed by atoms with Crippen molar-refractivity contribution >= 4 is 15.9 Å². The second-order valence-corrected chi connectivity index (χ2v) is 5.05. The zero-order valence-corrected chi connectivity index (χ0v) is 11.5. The fraction of sp³-hybridized carbons (Fsp3) is 0.143. The highest BCUT2D eigenvalue weighted by molar-refractivity contribution is 9.10. The zero-order chi connectivity index (χ0) is 14.2. The Morgan fingerprint density at radius 2 is 1.68 bits per heavy atom. The van der Waals surface area contributed by atoms with Crippen LogP contribution in [0.2, 0.25) is 0 Å². The average Bonchev–Trinajstić information content (AvgIpc) is 2.33. The van der Waals surface area contributed by atoms with E-state index in [1.807, 2.05) is 0 Å². The first-order valence-electron chi connectivity index (χ1n) is 5.48. The molecular formula is C14H10BrF3O. The van der Waals surface area contributed by atoms with Gasteiger partial charge in [-0.2, -0.15) is 0 Å². The molecule has 0 aliphatic carbocycles. The van der Waals surface area contributed by atoms with Crippen molar-refractivity contribution in [3.63, 3.8) is 0 Å². The summed E-state index contributed by atoms with van der Waals surface area (Å²) in [7, 11) is 0. The summed E-state index contributed by atoms with van der Waals surface area (Å²) < 4.78 is 40.1. The van der Waals surface area contributed by atoms with Crippen LogP contribution in [0.3, 0.4) is 0 Å². The number of halogens is 4. The number of hydrogen-bond donors (Lipinski definition) is 1. The first kappa shape index (κ1) is 14.1. The van der Waals surface area contributed by atoms with E-state index in [1.165, 1.54) is 18.2 Å². The van der Waals surface area contributed by atoms with E-state index in [1.54, 1.807) is 6.92 Å². The van der Waals surface area contributed by atoms with Gasteiger partial charge in [-0.3, -0.25) is 0 Å². The largest absolute Gasteiger partial charge is 0.384 e. The lowest BCUT2D eigenvalue weighted by Gasteiger charge is -2.15. The van der Waals surface area contributed by atoms with Crippen molar-refractivity contribution in [1.82, 2.24) is 0 Å². The average molecular weight is 331 g/mol. The first-order valence-corrected chi connectivity index (χ1v) is 6.28. The van der Waals surface area contributed by atoms with E-state index in [4.69, 9.17) is 0 Å². The molecule has 1 nitrogen and oxygen atoms in total. The maximum absolute atomic E-state index is 13.7. The van der Waals surface area contributed by atoms with Gasteiger partial charge >= 0.3 is 0 Å². The topological polar surface area (TPSA) is 20.2 Å². The molecule has 100 valence electrons. The molecule has 19 heavy (non-hydrogen) atoms. The van der Waals surface area contributed by atoms with Crippen LogP contribution < -0.4 is 0 Å². The van der Waals surface area contributed by atoms with Gasteiger partial charge in [0.05, 0.1) is 4.47 Å². The van der Waals surface area contributed by atoms with Gasteiger partial charge < -0.3 is 5.11 Å². The second kappa shape index (κ2) is 5.35. The summed E-state index contributed by atoms with van der Waals surface area (Å²) in [4.78, 5) is 0. The van der Waals surface area contributed by atoms with Crippen molar-refractivity contribution in [3.05, 3.63) is 68.9 Å². The fourth-order valence-corrected chi connectivity index (χ4v) is 2.18. The van der Waals surface area contributed by atoms with Crippen LogP contribution in [0.15, 0.2) is 34.8 Å². The Kier molecular flexibility index (Phi) is 3.96. The van der Waals surface area contributed by atoms with E-state index in [0.717, 1.165) is 12.1 Å². The van der Waals surface area contributed by atoms with Crippen LogP contribution in [-0.2, 0) is 0 Å². The van der Waals surface area contributed by atoms with Gasteiger partial charge in [0.1, 0.15) is 23.6 Å². The van der Waals surface area contributed by atoms with Gasteiger partial charge in [0.25, 0.3) is 0 Å². The molecule has 1 N–H and O–H groups in total. The van der Waals surface area contributed by atoms with Gasteiger partial charge in [0.15, 0.2) is 0 Å². The van der Waals surface area contributed by atoms with E-state index < -0.39 is 23.6 Å². The molecule has 5 heteroatoms. The predicted molar refractivity (Wildman–Crippen MR) is 69.3 cm³/mol. The lowest BCUT2D eigenvalue weighted by Crippen LogP contribution is -2.06. The van der Waals surface area contributed by atoms with Crippen LogP contribution in [0.25, 0.3) is 0 Å². The molecule has 2 aromatic rings. The van der Waals surface area contributed by atoms with Gasteiger partial charge in [0, 0.05) is 5.56 Å². The van der Waals surface area contributed by atoms with Gasteiger partial charge in [-0.1, -0.05) is 6.07 Å². The number of hydrogen-bond acceptors (Lipinski definition) is 1. The molecule has 1 unspecified atom stereocenters. The third-order valence-corrected chi connectivity index (χ3v) is 3.47. The Labute approximate surface area is 116 Å². The standard InChI is InChI=1S/C14H10BrF3O/c1-7-4-8(16)2-3-9(7)14(19)10-5-13(18)11(15)6-12(10)17/h2-6,14,19H,1H3. The summed E-state index contributed by atoms with van der Waals surface area (Å²) in [5.41, 5.74) is 0.618. The highest BCUT2D eigenvalue weighted by atomic mass is 79.9. The van der Waals surface area contributed by atoms with Crippen LogP contribution in [0, 0.1) is 24.4 Å². The third-order valence-electron chi connectivity index (χ3n) is 2.86. The first-order chi connectivity index (χ1) is 8.90. The van der Waals surface area contributed by atoms with Crippen molar-refractivity contribution < 1.29 is 18.3 Å². The minimum atomic E-state index is -1.34. The van der Waals surface area contributed by atoms with Crippen LogP contribution in [0.1, 0.15) is 22.8 Å². The number of aliphatic hydroxyl groups is 1. The molecule has 1 atom stereocenters. The summed E-state index contributed by atoms with van der Waals surface area (Å²) >= 11 is 2.86. The Morgan fingerprint density at radius 3 is 2.32 bits per heavy atom. The number of rotatable bonds is 2. The van der Waals surface area contributed by atoms with Crippen LogP contribution in [-0.4, -0.2) is 5.11 Å². The summed E-state index contributed by atoms with van der Waals surface area (Å²) in [6.07, 6.45) is -1.34. The quantitative estimate of drug-likeness (QED) is 0.816. The van der Waals surface area contributed by atoms with Gasteiger partial charge in [-0.15, -0.1) is 0 Å². The molecule has 0 radical (unpaired) electrons. The fourth-order valence-electron chi connectivity index (χ4n) is 1.86. The van der Waals surface area contributed by atoms with Crippen molar-refractivity contribution in [2.24, 2.45) is 0 Å². The Bertz CT molecular complexity index is 628. The molecule has 0 bridgehead atoms. The van der Waals surface area contributed by atoms with E-state index >= 15 is 0 Å². The maximum atomic E-state index is 13.7. The Hall–Kier alpha value is -1.33. The molecule has 0 fully saturated rings. The molecule has 2 aromatic carbocycles. The molecule has 0 aliphatic rings. The molecule has 0 aliphatic heterocycles. The Balaban J connectivity index is 2.49. The van der Waals surface area contributed by atoms with E-state index in [2.05, 4.69) is 15.9 Å². The zero-order valence-electron chi connectivity index (χ0n) is 9.92. The van der Waals surface area contributed by atoms with Crippen molar-refractivity contribution in [2.75, 3.05) is 0 Å². The number of aryl methyl sites for hydroxylation is 1. The molecule has 0 saturated heterocycles. The predicted octanol–water partition coefficient (Wildman–Crippen LogP) is 4.26. The number of benzene rings is 2. The summed E-state index contributed by atoms with van der Waals surface area (Å²) in [5, 5.41) is 10.1. The van der Waals surface area contributed by atoms with Crippen LogP contribution in [0.5, 0.6) is 0 Å². The third kappa shape index (κ3) is 2.82. The second-order valence-electron chi connectivity index (χ2n) is 4.19. The molecule has 0 aromatic heterocycles. The van der Waals surface area contributed by atoms with Gasteiger partial charge in [0.2, 0.25) is 0 Å². The monoisotopic (exact) mass is 330 g/mol. The minimum Gasteiger partial charge on any atom is -0.384 e. The maximum Gasteiger partial charge on any atom is 0.137 e. The van der Waals surface area contributed by atoms with Crippen molar-refractivity contribution in [1.29, 1.82) is 0 Å². The summed E-state index contributed by atoms with van der Waals surface area (Å²) in [5.74, 6) is -1.85. The summed E-state index contributed by atoms with van der Waals surface area (Å²) in [6.45, 7) is 1.59. The van der Waals surface area contributed by atoms with Crippen LogP contribution in [0.4, 0.5) is 13.2 Å². The Morgan fingerprint density at radius 1 is 1.00 bits per heavy atom. The number of aliphatic hydroxyl groups excluding tert-OH is 1. The molecule has 0 heterocycles. The lowest BCUT2D eigenvalue weighted by molar-refractivity contribution is 0.213. The lowest BCUT2D eigenvalue weighted by atomic mass is 9.97. The van der Waals surface area contributed by atoms with Crippen LogP contribution >= 0.6 is 15.9 Å². The van der Waals surface area contributed by atoms with Gasteiger partial charge in [-0.05, 0) is 58.2 Å².